The Labute approximate surface area is 104 Å². The predicted octanol–water partition coefficient (Wildman–Crippen LogP) is 4.30. The van der Waals surface area contributed by atoms with E-state index in [1.807, 2.05) is 12.1 Å². The van der Waals surface area contributed by atoms with Crippen molar-refractivity contribution in [2.45, 2.75) is 46.6 Å². The Hall–Kier alpha value is -0.890. The van der Waals surface area contributed by atoms with Gasteiger partial charge in [0.15, 0.2) is 0 Å². The van der Waals surface area contributed by atoms with Gasteiger partial charge >= 0.3 is 0 Å². The summed E-state index contributed by atoms with van der Waals surface area (Å²) in [7, 11) is 0. The molecule has 0 radical (unpaired) electrons. The van der Waals surface area contributed by atoms with E-state index in [0.717, 1.165) is 24.9 Å². The van der Waals surface area contributed by atoms with Crippen LogP contribution < -0.4 is 5.32 Å². The third-order valence-electron chi connectivity index (χ3n) is 2.95. The van der Waals surface area contributed by atoms with Crippen LogP contribution in [0, 0.1) is 11.2 Å². The van der Waals surface area contributed by atoms with Crippen LogP contribution in [0.15, 0.2) is 24.3 Å². The first-order chi connectivity index (χ1) is 7.94. The minimum atomic E-state index is -0.109. The molecular formula is C15H24FN. The monoisotopic (exact) mass is 237 g/mol. The molecular weight excluding hydrogens is 213 g/mol. The van der Waals surface area contributed by atoms with E-state index >= 15 is 0 Å². The molecule has 1 unspecified atom stereocenters. The molecule has 17 heavy (non-hydrogen) atoms. The smallest absolute Gasteiger partial charge is 0.127 e. The highest BCUT2D eigenvalue weighted by Gasteiger charge is 2.14. The number of benzene rings is 1. The zero-order valence-electron chi connectivity index (χ0n) is 11.4. The third kappa shape index (κ3) is 4.86. The fourth-order valence-electron chi connectivity index (χ4n) is 1.85. The maximum Gasteiger partial charge on any atom is 0.127 e. The van der Waals surface area contributed by atoms with Gasteiger partial charge in [0.25, 0.3) is 0 Å². The van der Waals surface area contributed by atoms with Gasteiger partial charge in [-0.2, -0.15) is 0 Å². The van der Waals surface area contributed by atoms with E-state index in [1.54, 1.807) is 6.07 Å². The van der Waals surface area contributed by atoms with Crippen molar-refractivity contribution in [3.05, 3.63) is 35.6 Å². The molecule has 0 aromatic heterocycles. The number of nitrogens with one attached hydrogen (secondary N) is 1. The molecule has 1 aromatic carbocycles. The molecule has 0 bridgehead atoms. The summed E-state index contributed by atoms with van der Waals surface area (Å²) >= 11 is 0. The van der Waals surface area contributed by atoms with Crippen LogP contribution in [0.2, 0.25) is 0 Å². The Morgan fingerprint density at radius 2 is 1.88 bits per heavy atom. The van der Waals surface area contributed by atoms with Gasteiger partial charge in [0.1, 0.15) is 5.82 Å². The first-order valence-electron chi connectivity index (χ1n) is 6.42. The Morgan fingerprint density at radius 3 is 2.41 bits per heavy atom. The van der Waals surface area contributed by atoms with E-state index < -0.39 is 0 Å². The van der Waals surface area contributed by atoms with Crippen LogP contribution in [0.25, 0.3) is 0 Å². The Bertz CT molecular complexity index is 341. The highest BCUT2D eigenvalue weighted by Crippen LogP contribution is 2.22. The van der Waals surface area contributed by atoms with Crippen LogP contribution >= 0.6 is 0 Å². The largest absolute Gasteiger partial charge is 0.310 e. The van der Waals surface area contributed by atoms with Crippen molar-refractivity contribution in [2.24, 2.45) is 5.41 Å². The number of hydrogen-bond acceptors (Lipinski definition) is 1. The van der Waals surface area contributed by atoms with Crippen LogP contribution in [-0.4, -0.2) is 6.54 Å². The second-order valence-corrected chi connectivity index (χ2v) is 5.75. The molecule has 0 fully saturated rings. The van der Waals surface area contributed by atoms with Gasteiger partial charge < -0.3 is 5.32 Å². The van der Waals surface area contributed by atoms with Gasteiger partial charge in [0, 0.05) is 11.6 Å². The van der Waals surface area contributed by atoms with Crippen molar-refractivity contribution in [3.8, 4) is 0 Å². The molecule has 0 aliphatic carbocycles. The maximum absolute atomic E-state index is 13.6. The minimum Gasteiger partial charge on any atom is -0.310 e. The second-order valence-electron chi connectivity index (χ2n) is 5.75. The summed E-state index contributed by atoms with van der Waals surface area (Å²) in [6.45, 7) is 9.67. The lowest BCUT2D eigenvalue weighted by atomic mass is 9.92. The standard InChI is InChI=1S/C15H24FN/c1-5-14(17-11-10-15(2,3)4)12-8-6-7-9-13(12)16/h6-9,14,17H,5,10-11H2,1-4H3. The molecule has 1 nitrogen and oxygen atoms in total. The fraction of sp³-hybridized carbons (Fsp3) is 0.600. The summed E-state index contributed by atoms with van der Waals surface area (Å²) in [5.74, 6) is -0.109. The SMILES string of the molecule is CCC(NCCC(C)(C)C)c1ccccc1F. The maximum atomic E-state index is 13.6. The molecule has 0 aliphatic heterocycles. The summed E-state index contributed by atoms with van der Waals surface area (Å²) in [6.07, 6.45) is 2.00. The molecule has 0 amide bonds. The minimum absolute atomic E-state index is 0.109. The second kappa shape index (κ2) is 6.15. The summed E-state index contributed by atoms with van der Waals surface area (Å²) in [5, 5.41) is 3.44. The van der Waals surface area contributed by atoms with E-state index in [2.05, 4.69) is 33.0 Å². The molecule has 0 aliphatic rings. The number of halogens is 1. The zero-order valence-corrected chi connectivity index (χ0v) is 11.4. The van der Waals surface area contributed by atoms with Crippen molar-refractivity contribution in [1.29, 1.82) is 0 Å². The van der Waals surface area contributed by atoms with Gasteiger partial charge in [-0.05, 0) is 30.9 Å². The van der Waals surface area contributed by atoms with Crippen molar-refractivity contribution in [3.63, 3.8) is 0 Å². The quantitative estimate of drug-likeness (QED) is 0.805. The van der Waals surface area contributed by atoms with E-state index in [-0.39, 0.29) is 11.9 Å². The molecule has 1 aromatic rings. The van der Waals surface area contributed by atoms with Crippen LogP contribution in [-0.2, 0) is 0 Å². The first-order valence-corrected chi connectivity index (χ1v) is 6.42. The summed E-state index contributed by atoms with van der Waals surface area (Å²) in [5.41, 5.74) is 1.10. The van der Waals surface area contributed by atoms with Crippen molar-refractivity contribution >= 4 is 0 Å². The van der Waals surface area contributed by atoms with Gasteiger partial charge in [-0.25, -0.2) is 4.39 Å². The molecule has 0 saturated carbocycles. The molecule has 96 valence electrons. The normalized spacial score (nSPS) is 13.7. The Balaban J connectivity index is 2.58. The summed E-state index contributed by atoms with van der Waals surface area (Å²) in [6, 6.07) is 7.16. The van der Waals surface area contributed by atoms with Crippen molar-refractivity contribution in [1.82, 2.24) is 5.32 Å². The highest BCUT2D eigenvalue weighted by molar-refractivity contribution is 5.21. The Morgan fingerprint density at radius 1 is 1.24 bits per heavy atom. The molecule has 2 heteroatoms. The summed E-state index contributed by atoms with van der Waals surface area (Å²) in [4.78, 5) is 0. The topological polar surface area (TPSA) is 12.0 Å². The van der Waals surface area contributed by atoms with Gasteiger partial charge in [0.2, 0.25) is 0 Å². The molecule has 0 saturated heterocycles. The molecule has 1 atom stereocenters. The predicted molar refractivity (Wildman–Crippen MR) is 71.5 cm³/mol. The van der Waals surface area contributed by atoms with Crippen LogP contribution in [0.4, 0.5) is 4.39 Å². The zero-order chi connectivity index (χ0) is 12.9. The van der Waals surface area contributed by atoms with E-state index in [1.165, 1.54) is 6.07 Å². The van der Waals surface area contributed by atoms with Gasteiger partial charge in [-0.15, -0.1) is 0 Å². The van der Waals surface area contributed by atoms with Crippen molar-refractivity contribution in [2.75, 3.05) is 6.54 Å². The number of hydrogen-bond donors (Lipinski definition) is 1. The lowest BCUT2D eigenvalue weighted by molar-refractivity contribution is 0.350. The van der Waals surface area contributed by atoms with E-state index in [9.17, 15) is 4.39 Å². The molecule has 1 rings (SSSR count). The average Bonchev–Trinajstić information content (AvgIpc) is 2.24. The van der Waals surface area contributed by atoms with Crippen LogP contribution in [0.3, 0.4) is 0 Å². The van der Waals surface area contributed by atoms with E-state index in [0.29, 0.717) is 5.41 Å². The molecule has 0 spiro atoms. The van der Waals surface area contributed by atoms with Crippen LogP contribution in [0.1, 0.15) is 52.1 Å². The number of rotatable bonds is 5. The van der Waals surface area contributed by atoms with E-state index in [4.69, 9.17) is 0 Å². The highest BCUT2D eigenvalue weighted by atomic mass is 19.1. The lowest BCUT2D eigenvalue weighted by Crippen LogP contribution is -2.25. The van der Waals surface area contributed by atoms with Gasteiger partial charge in [0.05, 0.1) is 0 Å². The first kappa shape index (κ1) is 14.2. The third-order valence-corrected chi connectivity index (χ3v) is 2.95. The molecule has 1 N–H and O–H groups in total. The molecule has 0 heterocycles. The fourth-order valence-corrected chi connectivity index (χ4v) is 1.85. The Kier molecular flexibility index (Phi) is 5.13. The summed E-state index contributed by atoms with van der Waals surface area (Å²) < 4.78 is 13.6. The van der Waals surface area contributed by atoms with Gasteiger partial charge in [-0.3, -0.25) is 0 Å². The van der Waals surface area contributed by atoms with Crippen LogP contribution in [0.5, 0.6) is 0 Å². The lowest BCUT2D eigenvalue weighted by Gasteiger charge is -2.22. The average molecular weight is 237 g/mol. The van der Waals surface area contributed by atoms with Gasteiger partial charge in [-0.1, -0.05) is 45.9 Å². The van der Waals surface area contributed by atoms with Crippen molar-refractivity contribution < 1.29 is 4.39 Å².